The predicted octanol–water partition coefficient (Wildman–Crippen LogP) is 5.56. The van der Waals surface area contributed by atoms with Crippen LogP contribution in [0.25, 0.3) is 0 Å². The molecule has 1 aliphatic carbocycles. The zero-order valence-electron chi connectivity index (χ0n) is 24.8. The fourth-order valence-electron chi connectivity index (χ4n) is 5.85. The van der Waals surface area contributed by atoms with Crippen LogP contribution in [0.15, 0.2) is 41.6 Å². The van der Waals surface area contributed by atoms with Crippen molar-refractivity contribution in [1.82, 2.24) is 24.6 Å². The first-order chi connectivity index (χ1) is 19.4. The molecule has 1 amide bonds. The second-order valence-electron chi connectivity index (χ2n) is 13.3. The molecule has 0 saturated heterocycles. The van der Waals surface area contributed by atoms with E-state index >= 15 is 4.39 Å². The van der Waals surface area contributed by atoms with Gasteiger partial charge in [0.05, 0.1) is 17.5 Å². The quantitative estimate of drug-likeness (QED) is 0.318. The Kier molecular flexibility index (Phi) is 8.43. The molecule has 1 saturated carbocycles. The second kappa shape index (κ2) is 11.3. The minimum atomic E-state index is -4.49. The first-order valence-electron chi connectivity index (χ1n) is 13.9. The van der Waals surface area contributed by atoms with Crippen LogP contribution in [-0.2, 0) is 25.6 Å². The summed E-state index contributed by atoms with van der Waals surface area (Å²) in [5, 5.41) is 14.0. The Morgan fingerprint density at radius 3 is 2.38 bits per heavy atom. The van der Waals surface area contributed by atoms with E-state index in [1.54, 1.807) is 12.4 Å². The molecule has 8 nitrogen and oxygen atoms in total. The molecule has 0 radical (unpaired) electrons. The van der Waals surface area contributed by atoms with Gasteiger partial charge in [0, 0.05) is 32.9 Å². The molecule has 2 aromatic heterocycles. The van der Waals surface area contributed by atoms with Crippen LogP contribution in [0.4, 0.5) is 23.2 Å². The highest BCUT2D eigenvalue weighted by Gasteiger charge is 2.54. The minimum Gasteiger partial charge on any atom is -0.320 e. The van der Waals surface area contributed by atoms with Crippen molar-refractivity contribution in [3.8, 4) is 0 Å². The Labute approximate surface area is 242 Å². The Morgan fingerprint density at radius 1 is 1.12 bits per heavy atom. The first-order valence-corrected chi connectivity index (χ1v) is 13.9. The van der Waals surface area contributed by atoms with Crippen LogP contribution >= 0.6 is 0 Å². The van der Waals surface area contributed by atoms with Crippen LogP contribution in [0.3, 0.4) is 0 Å². The van der Waals surface area contributed by atoms with Gasteiger partial charge in [0.25, 0.3) is 11.5 Å². The number of aromatic nitrogens is 4. The Hall–Kier alpha value is -3.54. The lowest BCUT2D eigenvalue weighted by Gasteiger charge is -2.52. The summed E-state index contributed by atoms with van der Waals surface area (Å²) in [4.78, 5) is 26.5. The molecule has 0 atom stereocenters. The van der Waals surface area contributed by atoms with Gasteiger partial charge in [-0.3, -0.25) is 9.59 Å². The van der Waals surface area contributed by atoms with Gasteiger partial charge in [-0.05, 0) is 53.0 Å². The van der Waals surface area contributed by atoms with E-state index < -0.39 is 41.8 Å². The Bertz CT molecular complexity index is 1510. The summed E-state index contributed by atoms with van der Waals surface area (Å²) in [7, 11) is 1.84. The number of hydrogen-bond donors (Lipinski definition) is 2. The number of rotatable bonds is 9. The van der Waals surface area contributed by atoms with Crippen molar-refractivity contribution in [1.29, 1.82) is 0 Å². The SMILES string of the molecule is Cn1cnnc1C1(c2ccc(F)c(NC(=O)c3cc(CNCC(C)(C)C)cn(CCC(F)(F)F)c3=O)c2)CC(C)(C)C1. The molecule has 2 heterocycles. The molecule has 0 aliphatic heterocycles. The molecule has 0 unspecified atom stereocenters. The normalized spacial score (nSPS) is 16.2. The van der Waals surface area contributed by atoms with Crippen LogP contribution in [0.5, 0.6) is 0 Å². The molecule has 12 heteroatoms. The number of carbonyl (C=O) groups excluding carboxylic acids is 1. The molecule has 0 bridgehead atoms. The molecule has 0 spiro atoms. The van der Waals surface area contributed by atoms with Crippen molar-refractivity contribution in [2.75, 3.05) is 11.9 Å². The number of alkyl halides is 3. The monoisotopic (exact) mass is 590 g/mol. The van der Waals surface area contributed by atoms with E-state index in [9.17, 15) is 22.8 Å². The lowest BCUT2D eigenvalue weighted by Crippen LogP contribution is -2.49. The van der Waals surface area contributed by atoms with Crippen molar-refractivity contribution in [2.24, 2.45) is 17.9 Å². The van der Waals surface area contributed by atoms with E-state index in [1.165, 1.54) is 24.4 Å². The molecule has 228 valence electrons. The summed E-state index contributed by atoms with van der Waals surface area (Å²) in [6, 6.07) is 5.78. The van der Waals surface area contributed by atoms with Crippen LogP contribution in [0.2, 0.25) is 0 Å². The van der Waals surface area contributed by atoms with E-state index in [0.717, 1.165) is 23.0 Å². The van der Waals surface area contributed by atoms with E-state index in [0.29, 0.717) is 17.9 Å². The predicted molar refractivity (Wildman–Crippen MR) is 152 cm³/mol. The topological polar surface area (TPSA) is 93.8 Å². The zero-order chi connectivity index (χ0) is 31.1. The number of nitrogens with one attached hydrogen (secondary N) is 2. The Balaban J connectivity index is 1.67. The van der Waals surface area contributed by atoms with Crippen LogP contribution in [0.1, 0.15) is 81.2 Å². The van der Waals surface area contributed by atoms with Gasteiger partial charge in [0.1, 0.15) is 23.5 Å². The summed E-state index contributed by atoms with van der Waals surface area (Å²) < 4.78 is 56.7. The number of halogens is 4. The summed E-state index contributed by atoms with van der Waals surface area (Å²) in [5.74, 6) is -0.899. The summed E-state index contributed by atoms with van der Waals surface area (Å²) in [6.45, 7) is 10.5. The molecule has 1 aromatic carbocycles. The summed E-state index contributed by atoms with van der Waals surface area (Å²) in [5.41, 5.74) is -0.811. The third-order valence-corrected chi connectivity index (χ3v) is 7.48. The summed E-state index contributed by atoms with van der Waals surface area (Å²) in [6.07, 6.45) is -1.35. The van der Waals surface area contributed by atoms with Crippen LogP contribution in [0, 0.1) is 16.6 Å². The van der Waals surface area contributed by atoms with Gasteiger partial charge < -0.3 is 19.8 Å². The molecule has 42 heavy (non-hydrogen) atoms. The average Bonchev–Trinajstić information content (AvgIpc) is 3.28. The van der Waals surface area contributed by atoms with Crippen LogP contribution < -0.4 is 16.2 Å². The molecular weight excluding hydrogens is 552 g/mol. The third-order valence-electron chi connectivity index (χ3n) is 7.48. The highest BCUT2D eigenvalue weighted by atomic mass is 19.4. The average molecular weight is 591 g/mol. The minimum absolute atomic E-state index is 0.00666. The molecule has 1 fully saturated rings. The van der Waals surface area contributed by atoms with Gasteiger partial charge in [-0.2, -0.15) is 13.2 Å². The Morgan fingerprint density at radius 2 is 1.81 bits per heavy atom. The molecule has 1 aliphatic rings. The van der Waals surface area contributed by atoms with Gasteiger partial charge in [0.2, 0.25) is 0 Å². The number of nitrogens with zero attached hydrogens (tertiary/aromatic N) is 4. The van der Waals surface area contributed by atoms with Gasteiger partial charge in [0.15, 0.2) is 0 Å². The number of carbonyl (C=O) groups is 1. The first kappa shape index (κ1) is 31.4. The second-order valence-corrected chi connectivity index (χ2v) is 13.3. The lowest BCUT2D eigenvalue weighted by molar-refractivity contribution is -0.136. The van der Waals surface area contributed by atoms with Crippen molar-refractivity contribution >= 4 is 11.6 Å². The number of benzene rings is 1. The fourth-order valence-corrected chi connectivity index (χ4v) is 5.85. The van der Waals surface area contributed by atoms with Crippen LogP contribution in [-0.4, -0.2) is 38.0 Å². The third kappa shape index (κ3) is 7.08. The number of amides is 1. The van der Waals surface area contributed by atoms with E-state index in [-0.39, 0.29) is 28.6 Å². The highest BCUT2D eigenvalue weighted by Crippen LogP contribution is 2.58. The van der Waals surface area contributed by atoms with Gasteiger partial charge in [-0.15, -0.1) is 10.2 Å². The standard InChI is InChI=1S/C30H38F4N6O2/c1-27(2,3)17-35-13-19-11-21(25(42)40(14-19)10-9-30(32,33)34)24(41)37-23-12-20(7-8-22(23)31)29(15-28(4,5)16-29)26-38-36-18-39(26)6/h7-8,11-12,14,18,35H,9-10,13,15-17H2,1-6H3,(H,37,41). The largest absolute Gasteiger partial charge is 0.390 e. The van der Waals surface area contributed by atoms with Crippen molar-refractivity contribution < 1.29 is 22.4 Å². The number of pyridine rings is 1. The van der Waals surface area contributed by atoms with E-state index in [2.05, 4.69) is 34.7 Å². The maximum atomic E-state index is 15.1. The van der Waals surface area contributed by atoms with Crippen molar-refractivity contribution in [3.63, 3.8) is 0 Å². The number of aryl methyl sites for hydroxylation is 2. The molecular formula is C30H38F4N6O2. The number of anilines is 1. The zero-order valence-corrected chi connectivity index (χ0v) is 24.8. The van der Waals surface area contributed by atoms with E-state index in [4.69, 9.17) is 0 Å². The van der Waals surface area contributed by atoms with Gasteiger partial charge in [-0.1, -0.05) is 40.7 Å². The van der Waals surface area contributed by atoms with Gasteiger partial charge in [-0.25, -0.2) is 4.39 Å². The molecule has 4 rings (SSSR count). The molecule has 3 aromatic rings. The fraction of sp³-hybridized carbons (Fsp3) is 0.533. The lowest BCUT2D eigenvalue weighted by atomic mass is 9.51. The maximum Gasteiger partial charge on any atom is 0.390 e. The smallest absolute Gasteiger partial charge is 0.320 e. The van der Waals surface area contributed by atoms with Crippen molar-refractivity contribution in [3.05, 3.63) is 75.5 Å². The maximum absolute atomic E-state index is 15.1. The number of hydrogen-bond acceptors (Lipinski definition) is 5. The summed E-state index contributed by atoms with van der Waals surface area (Å²) >= 11 is 0. The highest BCUT2D eigenvalue weighted by molar-refractivity contribution is 6.04. The van der Waals surface area contributed by atoms with E-state index in [1.807, 2.05) is 32.4 Å². The van der Waals surface area contributed by atoms with Crippen molar-refractivity contribution in [2.45, 2.75) is 78.6 Å². The van der Waals surface area contributed by atoms with Gasteiger partial charge >= 0.3 is 6.18 Å². The molecule has 2 N–H and O–H groups in total.